The first-order valence-corrected chi connectivity index (χ1v) is 12.3. The number of para-hydroxylation sites is 1. The van der Waals surface area contributed by atoms with Gasteiger partial charge in [-0.2, -0.15) is 0 Å². The number of rotatable bonds is 8. The monoisotopic (exact) mass is 447 g/mol. The molecular formula is C28H37N3O2. The summed E-state index contributed by atoms with van der Waals surface area (Å²) in [5.41, 5.74) is 3.19. The molecule has 0 atom stereocenters. The van der Waals surface area contributed by atoms with E-state index in [0.717, 1.165) is 35.5 Å². The Morgan fingerprint density at radius 3 is 2.48 bits per heavy atom. The molecule has 0 saturated heterocycles. The first-order chi connectivity index (χ1) is 16.1. The van der Waals surface area contributed by atoms with Crippen LogP contribution in [0.1, 0.15) is 56.1 Å². The maximum atomic E-state index is 12.7. The number of carbonyl (C=O) groups excluding carboxylic acids is 1. The molecule has 0 spiro atoms. The van der Waals surface area contributed by atoms with Gasteiger partial charge in [0, 0.05) is 31.7 Å². The van der Waals surface area contributed by atoms with Gasteiger partial charge >= 0.3 is 6.09 Å². The van der Waals surface area contributed by atoms with Crippen LogP contribution < -0.4 is 4.74 Å². The van der Waals surface area contributed by atoms with Gasteiger partial charge in [0.05, 0.1) is 5.52 Å². The smallest absolute Gasteiger partial charge is 0.408 e. The van der Waals surface area contributed by atoms with Crippen molar-refractivity contribution in [2.24, 2.45) is 5.92 Å². The SMILES string of the molecule is CN(CCC1CCCCCC1)Cc1c[nH]c2c(OC(=O)N(C)Cc3ccccc3)cccc12. The Labute approximate surface area is 197 Å². The first-order valence-electron chi connectivity index (χ1n) is 12.3. The van der Waals surface area contributed by atoms with Gasteiger partial charge in [-0.1, -0.05) is 81.0 Å². The van der Waals surface area contributed by atoms with Crippen molar-refractivity contribution in [1.29, 1.82) is 0 Å². The van der Waals surface area contributed by atoms with E-state index in [-0.39, 0.29) is 6.09 Å². The van der Waals surface area contributed by atoms with Crippen molar-refractivity contribution < 1.29 is 9.53 Å². The van der Waals surface area contributed by atoms with Gasteiger partial charge < -0.3 is 19.5 Å². The third-order valence-electron chi connectivity index (χ3n) is 6.87. The number of amides is 1. The van der Waals surface area contributed by atoms with E-state index < -0.39 is 0 Å². The lowest BCUT2D eigenvalue weighted by Gasteiger charge is -2.20. The molecule has 1 aliphatic rings. The Morgan fingerprint density at radius 1 is 0.970 bits per heavy atom. The summed E-state index contributed by atoms with van der Waals surface area (Å²) in [5.74, 6) is 1.46. The van der Waals surface area contributed by atoms with Crippen LogP contribution in [-0.4, -0.2) is 41.5 Å². The van der Waals surface area contributed by atoms with Crippen molar-refractivity contribution in [2.45, 2.75) is 58.0 Å². The summed E-state index contributed by atoms with van der Waals surface area (Å²) in [6, 6.07) is 15.9. The van der Waals surface area contributed by atoms with Crippen molar-refractivity contribution in [1.82, 2.24) is 14.8 Å². The highest BCUT2D eigenvalue weighted by atomic mass is 16.6. The summed E-state index contributed by atoms with van der Waals surface area (Å²) < 4.78 is 5.76. The molecule has 2 aromatic carbocycles. The number of aromatic nitrogens is 1. The quantitative estimate of drug-likeness (QED) is 0.396. The van der Waals surface area contributed by atoms with Crippen LogP contribution in [0.25, 0.3) is 10.9 Å². The molecule has 1 aliphatic carbocycles. The number of aromatic amines is 1. The number of hydrogen-bond donors (Lipinski definition) is 1. The molecule has 4 rings (SSSR count). The molecule has 176 valence electrons. The predicted molar refractivity (Wildman–Crippen MR) is 134 cm³/mol. The van der Waals surface area contributed by atoms with Crippen LogP contribution in [0.3, 0.4) is 0 Å². The molecule has 1 saturated carbocycles. The van der Waals surface area contributed by atoms with Gasteiger partial charge in [0.15, 0.2) is 5.75 Å². The van der Waals surface area contributed by atoms with Gasteiger partial charge in [-0.15, -0.1) is 0 Å². The molecule has 0 radical (unpaired) electrons. The van der Waals surface area contributed by atoms with E-state index in [0.29, 0.717) is 12.3 Å². The fourth-order valence-corrected chi connectivity index (χ4v) is 4.92. The number of H-pyrrole nitrogens is 1. The highest BCUT2D eigenvalue weighted by Gasteiger charge is 2.17. The van der Waals surface area contributed by atoms with Crippen molar-refractivity contribution in [3.63, 3.8) is 0 Å². The van der Waals surface area contributed by atoms with E-state index in [1.807, 2.05) is 42.5 Å². The lowest BCUT2D eigenvalue weighted by atomic mass is 9.96. The first kappa shape index (κ1) is 23.4. The summed E-state index contributed by atoms with van der Waals surface area (Å²) >= 11 is 0. The molecule has 1 fully saturated rings. The average Bonchev–Trinajstić information content (AvgIpc) is 3.05. The van der Waals surface area contributed by atoms with Gasteiger partial charge in [-0.3, -0.25) is 0 Å². The van der Waals surface area contributed by atoms with Gasteiger partial charge in [0.1, 0.15) is 0 Å². The maximum Gasteiger partial charge on any atom is 0.415 e. The normalized spacial score (nSPS) is 15.0. The Kier molecular flexibility index (Phi) is 8.05. The standard InChI is InChI=1S/C28H37N3O2/c1-30(18-17-22-11-6-3-4-7-12-22)21-24-19-29-27-25(24)15-10-16-26(27)33-28(32)31(2)20-23-13-8-5-9-14-23/h5,8-10,13-16,19,22,29H,3-4,6-7,11-12,17-18,20-21H2,1-2H3. The molecule has 1 aromatic heterocycles. The zero-order chi connectivity index (χ0) is 23.0. The predicted octanol–water partition coefficient (Wildman–Crippen LogP) is 6.59. The van der Waals surface area contributed by atoms with Crippen molar-refractivity contribution in [3.05, 3.63) is 65.9 Å². The van der Waals surface area contributed by atoms with Crippen LogP contribution in [-0.2, 0) is 13.1 Å². The molecule has 0 unspecified atom stereocenters. The molecule has 0 aliphatic heterocycles. The molecule has 5 nitrogen and oxygen atoms in total. The second kappa shape index (κ2) is 11.4. The second-order valence-corrected chi connectivity index (χ2v) is 9.59. The van der Waals surface area contributed by atoms with Crippen LogP contribution in [0, 0.1) is 5.92 Å². The van der Waals surface area contributed by atoms with Gasteiger partial charge in [0.25, 0.3) is 0 Å². The number of benzene rings is 2. The fraction of sp³-hybridized carbons (Fsp3) is 0.464. The molecule has 1 amide bonds. The minimum Gasteiger partial charge on any atom is -0.408 e. The molecule has 1 heterocycles. The van der Waals surface area contributed by atoms with E-state index >= 15 is 0 Å². The summed E-state index contributed by atoms with van der Waals surface area (Å²) in [6.45, 7) is 2.52. The molecule has 3 aromatic rings. The lowest BCUT2D eigenvalue weighted by Crippen LogP contribution is -2.29. The van der Waals surface area contributed by atoms with E-state index in [1.54, 1.807) is 11.9 Å². The summed E-state index contributed by atoms with van der Waals surface area (Å²) in [7, 11) is 3.97. The van der Waals surface area contributed by atoms with Gasteiger partial charge in [0.2, 0.25) is 0 Å². The summed E-state index contributed by atoms with van der Waals surface area (Å²) in [5, 5.41) is 1.12. The van der Waals surface area contributed by atoms with Gasteiger partial charge in [-0.25, -0.2) is 4.79 Å². The highest BCUT2D eigenvalue weighted by molar-refractivity contribution is 5.90. The highest BCUT2D eigenvalue weighted by Crippen LogP contribution is 2.29. The van der Waals surface area contributed by atoms with E-state index in [1.165, 1.54) is 50.5 Å². The van der Waals surface area contributed by atoms with Crippen LogP contribution in [0.5, 0.6) is 5.75 Å². The van der Waals surface area contributed by atoms with Crippen LogP contribution >= 0.6 is 0 Å². The third kappa shape index (κ3) is 6.38. The maximum absolute atomic E-state index is 12.7. The zero-order valence-corrected chi connectivity index (χ0v) is 20.1. The number of carbonyl (C=O) groups is 1. The number of nitrogens with zero attached hydrogens (tertiary/aromatic N) is 2. The summed E-state index contributed by atoms with van der Waals surface area (Å²) in [4.78, 5) is 20.0. The van der Waals surface area contributed by atoms with E-state index in [2.05, 4.69) is 29.2 Å². The second-order valence-electron chi connectivity index (χ2n) is 9.59. The van der Waals surface area contributed by atoms with Crippen LogP contribution in [0.4, 0.5) is 4.79 Å². The van der Waals surface area contributed by atoms with Crippen LogP contribution in [0.15, 0.2) is 54.7 Å². The van der Waals surface area contributed by atoms with Crippen LogP contribution in [0.2, 0.25) is 0 Å². The average molecular weight is 448 g/mol. The largest absolute Gasteiger partial charge is 0.415 e. The third-order valence-corrected chi connectivity index (χ3v) is 6.87. The van der Waals surface area contributed by atoms with E-state index in [9.17, 15) is 4.79 Å². The number of ether oxygens (including phenoxy) is 1. The Hall–Kier alpha value is -2.79. The number of hydrogen-bond acceptors (Lipinski definition) is 3. The molecular weight excluding hydrogens is 410 g/mol. The van der Waals surface area contributed by atoms with Crippen molar-refractivity contribution >= 4 is 17.0 Å². The number of nitrogens with one attached hydrogen (secondary N) is 1. The fourth-order valence-electron chi connectivity index (χ4n) is 4.92. The Bertz CT molecular complexity index is 1020. The van der Waals surface area contributed by atoms with E-state index in [4.69, 9.17) is 4.74 Å². The van der Waals surface area contributed by atoms with Crippen molar-refractivity contribution in [3.8, 4) is 5.75 Å². The molecule has 33 heavy (non-hydrogen) atoms. The Morgan fingerprint density at radius 2 is 1.73 bits per heavy atom. The molecule has 1 N–H and O–H groups in total. The minimum atomic E-state index is -0.358. The topological polar surface area (TPSA) is 48.6 Å². The molecule has 0 bridgehead atoms. The molecule has 5 heteroatoms. The van der Waals surface area contributed by atoms with Gasteiger partial charge in [-0.05, 0) is 43.1 Å². The van der Waals surface area contributed by atoms with Crippen molar-refractivity contribution in [2.75, 3.05) is 20.6 Å². The Balaban J connectivity index is 1.36. The lowest BCUT2D eigenvalue weighted by molar-refractivity contribution is 0.161. The zero-order valence-electron chi connectivity index (χ0n) is 20.1. The minimum absolute atomic E-state index is 0.358. The number of fused-ring (bicyclic) bond motifs is 1. The summed E-state index contributed by atoms with van der Waals surface area (Å²) in [6.07, 6.45) is 11.4.